The molecule has 0 aliphatic heterocycles. The molecule has 0 N–H and O–H groups in total. The van der Waals surface area contributed by atoms with E-state index in [1.165, 1.54) is 0 Å². The van der Waals surface area contributed by atoms with Crippen LogP contribution >= 0.6 is 0 Å². The maximum absolute atomic E-state index is 9.48. The molecule has 0 aliphatic carbocycles. The van der Waals surface area contributed by atoms with Crippen LogP contribution in [0.2, 0.25) is 0 Å². The van der Waals surface area contributed by atoms with Crippen molar-refractivity contribution in [1.82, 2.24) is 14.3 Å². The zero-order chi connectivity index (χ0) is 13.1. The summed E-state index contributed by atoms with van der Waals surface area (Å²) in [5, 5.41) is 9.48. The minimum absolute atomic E-state index is 0.239. The molecule has 18 heavy (non-hydrogen) atoms. The Morgan fingerprint density at radius 2 is 2.11 bits per heavy atom. The van der Waals surface area contributed by atoms with Crippen LogP contribution in [0.3, 0.4) is 0 Å². The lowest BCUT2D eigenvalue weighted by Gasteiger charge is -2.24. The first-order valence-corrected chi connectivity index (χ1v) is 6.30. The highest BCUT2D eigenvalue weighted by Gasteiger charge is 2.23. The van der Waals surface area contributed by atoms with Gasteiger partial charge in [0.2, 0.25) is 0 Å². The number of hydrogen-bond donors (Lipinski definition) is 0. The lowest BCUT2D eigenvalue weighted by atomic mass is 10.1. The third kappa shape index (κ3) is 1.98. The Hall–Kier alpha value is -1.86. The van der Waals surface area contributed by atoms with Gasteiger partial charge in [-0.2, -0.15) is 5.26 Å². The van der Waals surface area contributed by atoms with Crippen LogP contribution < -0.4 is 0 Å². The molecule has 0 radical (unpaired) electrons. The van der Waals surface area contributed by atoms with Crippen molar-refractivity contribution in [1.29, 1.82) is 5.26 Å². The van der Waals surface area contributed by atoms with E-state index in [2.05, 4.69) is 29.8 Å². The number of hydrogen-bond acceptors (Lipinski definition) is 3. The van der Waals surface area contributed by atoms with Crippen molar-refractivity contribution in [2.45, 2.75) is 26.8 Å². The van der Waals surface area contributed by atoms with E-state index in [0.717, 1.165) is 30.1 Å². The Bertz CT molecular complexity index is 575. The summed E-state index contributed by atoms with van der Waals surface area (Å²) in [6.07, 6.45) is 1.97. The molecule has 2 rings (SSSR count). The molecular formula is C14H18N4. The minimum atomic E-state index is -0.239. The molecule has 94 valence electrons. The van der Waals surface area contributed by atoms with Crippen LogP contribution in [-0.2, 0) is 0 Å². The van der Waals surface area contributed by atoms with E-state index < -0.39 is 0 Å². The molecule has 0 amide bonds. The molecule has 1 unspecified atom stereocenters. The average Bonchev–Trinajstić information content (AvgIpc) is 2.72. The van der Waals surface area contributed by atoms with Gasteiger partial charge in [0.25, 0.3) is 0 Å². The molecule has 0 bridgehead atoms. The number of nitrogens with zero attached hydrogens (tertiary/aromatic N) is 4. The number of imidazole rings is 1. The molecule has 2 aromatic heterocycles. The van der Waals surface area contributed by atoms with Gasteiger partial charge in [0.05, 0.1) is 17.5 Å². The third-order valence-electron chi connectivity index (χ3n) is 3.31. The van der Waals surface area contributed by atoms with Crippen molar-refractivity contribution in [3.05, 3.63) is 35.8 Å². The summed E-state index contributed by atoms with van der Waals surface area (Å²) in [5.41, 5.74) is 2.81. The first kappa shape index (κ1) is 12.6. The van der Waals surface area contributed by atoms with E-state index in [1.807, 2.05) is 35.7 Å². The summed E-state index contributed by atoms with van der Waals surface area (Å²) in [4.78, 5) is 6.66. The van der Waals surface area contributed by atoms with E-state index in [1.54, 1.807) is 0 Å². The minimum Gasteiger partial charge on any atom is -0.301 e. The molecule has 4 nitrogen and oxygen atoms in total. The van der Waals surface area contributed by atoms with Crippen molar-refractivity contribution in [2.24, 2.45) is 0 Å². The summed E-state index contributed by atoms with van der Waals surface area (Å²) in [6, 6.07) is 8.06. The Balaban J connectivity index is 2.58. The number of aryl methyl sites for hydroxylation is 1. The van der Waals surface area contributed by atoms with Gasteiger partial charge < -0.3 is 4.40 Å². The smallest absolute Gasteiger partial charge is 0.141 e. The Kier molecular flexibility index (Phi) is 3.63. The number of aromatic nitrogens is 2. The highest BCUT2D eigenvalue weighted by molar-refractivity contribution is 5.44. The Labute approximate surface area is 107 Å². The normalized spacial score (nSPS) is 12.8. The van der Waals surface area contributed by atoms with Gasteiger partial charge in [-0.1, -0.05) is 19.9 Å². The van der Waals surface area contributed by atoms with Crippen LogP contribution in [0.15, 0.2) is 24.4 Å². The average molecular weight is 242 g/mol. The maximum atomic E-state index is 9.48. The first-order valence-electron chi connectivity index (χ1n) is 6.30. The number of pyridine rings is 1. The van der Waals surface area contributed by atoms with E-state index in [0.29, 0.717) is 0 Å². The van der Waals surface area contributed by atoms with Gasteiger partial charge in [0, 0.05) is 6.20 Å². The number of nitriles is 1. The molecular weight excluding hydrogens is 224 g/mol. The summed E-state index contributed by atoms with van der Waals surface area (Å²) < 4.78 is 2.02. The highest BCUT2D eigenvalue weighted by atomic mass is 15.2. The zero-order valence-corrected chi connectivity index (χ0v) is 11.1. The molecule has 0 fully saturated rings. The van der Waals surface area contributed by atoms with Gasteiger partial charge in [0.15, 0.2) is 0 Å². The summed E-state index contributed by atoms with van der Waals surface area (Å²) >= 11 is 0. The maximum Gasteiger partial charge on any atom is 0.141 e. The topological polar surface area (TPSA) is 44.3 Å². The highest BCUT2D eigenvalue weighted by Crippen LogP contribution is 2.24. The molecule has 0 aromatic carbocycles. The van der Waals surface area contributed by atoms with Gasteiger partial charge >= 0.3 is 0 Å². The monoisotopic (exact) mass is 242 g/mol. The van der Waals surface area contributed by atoms with Crippen LogP contribution in [0.25, 0.3) is 5.65 Å². The van der Waals surface area contributed by atoms with Crippen molar-refractivity contribution in [2.75, 3.05) is 13.1 Å². The number of rotatable bonds is 4. The van der Waals surface area contributed by atoms with Crippen LogP contribution in [0.5, 0.6) is 0 Å². The fraction of sp³-hybridized carbons (Fsp3) is 0.429. The van der Waals surface area contributed by atoms with Gasteiger partial charge in [-0.05, 0) is 32.1 Å². The SMILES string of the molecule is CCN(CC)C(C#N)c1c(C)nc2ccccn12. The lowest BCUT2D eigenvalue weighted by molar-refractivity contribution is 0.257. The molecule has 2 aromatic rings. The van der Waals surface area contributed by atoms with Crippen molar-refractivity contribution >= 4 is 5.65 Å². The summed E-state index contributed by atoms with van der Waals surface area (Å²) in [6.45, 7) is 7.83. The lowest BCUT2D eigenvalue weighted by Crippen LogP contribution is -2.28. The predicted molar refractivity (Wildman–Crippen MR) is 71.2 cm³/mol. The molecule has 0 aliphatic rings. The number of fused-ring (bicyclic) bond motifs is 1. The zero-order valence-electron chi connectivity index (χ0n) is 11.1. The molecule has 2 heterocycles. The molecule has 0 spiro atoms. The molecule has 1 atom stereocenters. The third-order valence-corrected chi connectivity index (χ3v) is 3.31. The largest absolute Gasteiger partial charge is 0.301 e. The fourth-order valence-electron chi connectivity index (χ4n) is 2.37. The second-order valence-electron chi connectivity index (χ2n) is 4.26. The fourth-order valence-corrected chi connectivity index (χ4v) is 2.37. The van der Waals surface area contributed by atoms with Crippen LogP contribution in [0.4, 0.5) is 0 Å². The Morgan fingerprint density at radius 1 is 1.39 bits per heavy atom. The standard InChI is InChI=1S/C14H18N4/c1-4-17(5-2)12(10-15)14-11(3)16-13-8-6-7-9-18(13)14/h6-9,12H,4-5H2,1-3H3. The van der Waals surface area contributed by atoms with Crippen LogP contribution in [0, 0.1) is 18.3 Å². The van der Waals surface area contributed by atoms with E-state index >= 15 is 0 Å². The quantitative estimate of drug-likeness (QED) is 0.827. The van der Waals surface area contributed by atoms with E-state index in [9.17, 15) is 5.26 Å². The van der Waals surface area contributed by atoms with Crippen molar-refractivity contribution in [3.63, 3.8) is 0 Å². The molecule has 0 saturated carbocycles. The van der Waals surface area contributed by atoms with Gasteiger partial charge in [-0.3, -0.25) is 4.90 Å². The van der Waals surface area contributed by atoms with Crippen molar-refractivity contribution < 1.29 is 0 Å². The van der Waals surface area contributed by atoms with Gasteiger partial charge in [-0.15, -0.1) is 0 Å². The van der Waals surface area contributed by atoms with Gasteiger partial charge in [0.1, 0.15) is 11.7 Å². The van der Waals surface area contributed by atoms with Crippen LogP contribution in [-0.4, -0.2) is 27.4 Å². The second-order valence-corrected chi connectivity index (χ2v) is 4.26. The summed E-state index contributed by atoms with van der Waals surface area (Å²) in [5.74, 6) is 0. The molecule has 4 heteroatoms. The van der Waals surface area contributed by atoms with Crippen LogP contribution in [0.1, 0.15) is 31.3 Å². The molecule has 0 saturated heterocycles. The van der Waals surface area contributed by atoms with E-state index in [-0.39, 0.29) is 6.04 Å². The predicted octanol–water partition coefficient (Wildman–Crippen LogP) is 2.55. The summed E-state index contributed by atoms with van der Waals surface area (Å²) in [7, 11) is 0. The van der Waals surface area contributed by atoms with E-state index in [4.69, 9.17) is 0 Å². The second kappa shape index (κ2) is 5.19. The van der Waals surface area contributed by atoms with Gasteiger partial charge in [-0.25, -0.2) is 4.98 Å². The van der Waals surface area contributed by atoms with Crippen molar-refractivity contribution in [3.8, 4) is 6.07 Å². The first-order chi connectivity index (χ1) is 8.72. The Morgan fingerprint density at radius 3 is 2.72 bits per heavy atom.